The molecule has 8 nitrogen and oxygen atoms in total. The number of H-pyrrole nitrogens is 1. The Kier molecular flexibility index (Phi) is 6.29. The fourth-order valence-corrected chi connectivity index (χ4v) is 5.78. The van der Waals surface area contributed by atoms with E-state index in [0.717, 1.165) is 25.7 Å². The van der Waals surface area contributed by atoms with Crippen molar-refractivity contribution in [3.05, 3.63) is 60.3 Å². The molecule has 1 saturated heterocycles. The second kappa shape index (κ2) is 9.13. The van der Waals surface area contributed by atoms with Crippen molar-refractivity contribution in [3.63, 3.8) is 0 Å². The van der Waals surface area contributed by atoms with E-state index in [9.17, 15) is 18.3 Å². The molecule has 1 aliphatic heterocycles. The smallest absolute Gasteiger partial charge is 0.273 e. The van der Waals surface area contributed by atoms with Gasteiger partial charge in [0.2, 0.25) is 10.0 Å². The third-order valence-electron chi connectivity index (χ3n) is 5.77. The third kappa shape index (κ3) is 4.39. The Morgan fingerprint density at radius 2 is 1.94 bits per heavy atom. The average molecular weight is 455 g/mol. The van der Waals surface area contributed by atoms with Crippen LogP contribution in [0.25, 0.3) is 11.3 Å². The number of piperidine rings is 1. The molecule has 0 unspecified atom stereocenters. The molecule has 0 saturated carbocycles. The number of amides is 1. The number of rotatable bonds is 6. The number of aromatic nitrogens is 2. The maximum atomic E-state index is 13.1. The molecule has 3 aromatic rings. The van der Waals surface area contributed by atoms with E-state index < -0.39 is 15.9 Å². The lowest BCUT2D eigenvalue weighted by molar-refractivity contribution is 0.102. The summed E-state index contributed by atoms with van der Waals surface area (Å²) in [5.41, 5.74) is 1.65. The summed E-state index contributed by atoms with van der Waals surface area (Å²) in [4.78, 5) is 12.8. The third-order valence-corrected chi connectivity index (χ3v) is 7.73. The number of phenols is 1. The topological polar surface area (TPSA) is 115 Å². The van der Waals surface area contributed by atoms with Gasteiger partial charge >= 0.3 is 0 Å². The number of phenolic OH excluding ortho intramolecular Hbond substituents is 1. The van der Waals surface area contributed by atoms with Gasteiger partial charge in [-0.05, 0) is 61.7 Å². The minimum atomic E-state index is -3.57. The summed E-state index contributed by atoms with van der Waals surface area (Å²) in [7, 11) is -3.57. The Labute approximate surface area is 187 Å². The molecule has 0 radical (unpaired) electrons. The van der Waals surface area contributed by atoms with Crippen molar-refractivity contribution >= 4 is 21.6 Å². The van der Waals surface area contributed by atoms with E-state index >= 15 is 0 Å². The number of carbonyl (C=O) groups excluding carboxylic acids is 1. The summed E-state index contributed by atoms with van der Waals surface area (Å²) >= 11 is 0. The number of para-hydroxylation sites is 1. The van der Waals surface area contributed by atoms with Gasteiger partial charge in [-0.1, -0.05) is 25.5 Å². The van der Waals surface area contributed by atoms with Crippen molar-refractivity contribution in [2.45, 2.75) is 43.5 Å². The Balaban J connectivity index is 1.47. The quantitative estimate of drug-likeness (QED) is 0.521. The monoisotopic (exact) mass is 454 g/mol. The molecule has 1 atom stereocenters. The van der Waals surface area contributed by atoms with Gasteiger partial charge < -0.3 is 10.4 Å². The molecule has 32 heavy (non-hydrogen) atoms. The van der Waals surface area contributed by atoms with Crippen LogP contribution in [0.3, 0.4) is 0 Å². The van der Waals surface area contributed by atoms with E-state index in [0.29, 0.717) is 23.5 Å². The van der Waals surface area contributed by atoms with Gasteiger partial charge in [0.05, 0.1) is 10.6 Å². The van der Waals surface area contributed by atoms with Crippen LogP contribution >= 0.6 is 0 Å². The number of aromatic amines is 1. The van der Waals surface area contributed by atoms with E-state index in [2.05, 4.69) is 15.5 Å². The van der Waals surface area contributed by atoms with Gasteiger partial charge in [0.15, 0.2) is 0 Å². The minimum Gasteiger partial charge on any atom is -0.507 e. The van der Waals surface area contributed by atoms with Crippen LogP contribution in [0.2, 0.25) is 0 Å². The number of hydrogen-bond acceptors (Lipinski definition) is 5. The van der Waals surface area contributed by atoms with Crippen LogP contribution in [0, 0.1) is 0 Å². The van der Waals surface area contributed by atoms with E-state index in [4.69, 9.17) is 0 Å². The number of hydrogen-bond donors (Lipinski definition) is 3. The zero-order valence-corrected chi connectivity index (χ0v) is 18.6. The lowest BCUT2D eigenvalue weighted by Crippen LogP contribution is -2.43. The minimum absolute atomic E-state index is 0.0340. The molecule has 9 heteroatoms. The summed E-state index contributed by atoms with van der Waals surface area (Å²) in [5.74, 6) is -0.348. The standard InChI is InChI=1S/C23H26N4O4S/c1-2-17-7-5-6-14-27(17)32(30,31)18-12-10-16(11-13-18)24-23(29)21-15-20(25-26-21)19-8-3-4-9-22(19)28/h3-4,8-13,15,17,28H,2,5-7,14H2,1H3,(H,24,29)(H,25,26)/t17-/m1/s1. The van der Waals surface area contributed by atoms with Crippen molar-refractivity contribution in [2.24, 2.45) is 0 Å². The zero-order valence-electron chi connectivity index (χ0n) is 17.8. The summed E-state index contributed by atoms with van der Waals surface area (Å²) < 4.78 is 27.8. The van der Waals surface area contributed by atoms with Gasteiger partial charge in [0.1, 0.15) is 11.4 Å². The molecule has 1 aliphatic rings. The normalized spacial score (nSPS) is 17.2. The van der Waals surface area contributed by atoms with Crippen LogP contribution in [-0.4, -0.2) is 46.5 Å². The maximum Gasteiger partial charge on any atom is 0.273 e. The summed E-state index contributed by atoms with van der Waals surface area (Å²) in [6, 6.07) is 14.5. The van der Waals surface area contributed by atoms with Crippen LogP contribution in [-0.2, 0) is 10.0 Å². The van der Waals surface area contributed by atoms with Crippen molar-refractivity contribution in [3.8, 4) is 17.0 Å². The first-order valence-electron chi connectivity index (χ1n) is 10.7. The van der Waals surface area contributed by atoms with Gasteiger partial charge in [-0.3, -0.25) is 9.89 Å². The lowest BCUT2D eigenvalue weighted by Gasteiger charge is -2.34. The molecule has 1 fully saturated rings. The summed E-state index contributed by atoms with van der Waals surface area (Å²) in [6.07, 6.45) is 3.60. The molecule has 1 aromatic heterocycles. The van der Waals surface area contributed by atoms with Crippen molar-refractivity contribution in [2.75, 3.05) is 11.9 Å². The van der Waals surface area contributed by atoms with Crippen molar-refractivity contribution in [1.82, 2.24) is 14.5 Å². The van der Waals surface area contributed by atoms with Gasteiger partial charge in [-0.25, -0.2) is 8.42 Å². The lowest BCUT2D eigenvalue weighted by atomic mass is 10.0. The van der Waals surface area contributed by atoms with Crippen LogP contribution in [0.5, 0.6) is 5.75 Å². The summed E-state index contributed by atoms with van der Waals surface area (Å²) in [5, 5.41) is 19.5. The maximum absolute atomic E-state index is 13.1. The molecule has 2 aromatic carbocycles. The Hall–Kier alpha value is -3.17. The molecule has 168 valence electrons. The number of sulfonamides is 1. The average Bonchev–Trinajstić information content (AvgIpc) is 3.30. The Bertz CT molecular complexity index is 1200. The van der Waals surface area contributed by atoms with Gasteiger partial charge in [0, 0.05) is 23.8 Å². The molecule has 0 bridgehead atoms. The number of carbonyl (C=O) groups is 1. The first-order valence-corrected chi connectivity index (χ1v) is 12.1. The number of anilines is 1. The van der Waals surface area contributed by atoms with E-state index in [1.165, 1.54) is 12.1 Å². The SMILES string of the molecule is CC[C@@H]1CCCCN1S(=O)(=O)c1ccc(NC(=O)c2cc(-c3ccccc3O)n[nH]2)cc1. The molecule has 3 N–H and O–H groups in total. The first-order chi connectivity index (χ1) is 15.4. The molecule has 0 aliphatic carbocycles. The molecule has 2 heterocycles. The van der Waals surface area contributed by atoms with Crippen LogP contribution in [0.4, 0.5) is 5.69 Å². The number of aromatic hydroxyl groups is 1. The Morgan fingerprint density at radius 3 is 2.66 bits per heavy atom. The largest absolute Gasteiger partial charge is 0.507 e. The van der Waals surface area contributed by atoms with Crippen LogP contribution in [0.15, 0.2) is 59.5 Å². The highest BCUT2D eigenvalue weighted by atomic mass is 32.2. The van der Waals surface area contributed by atoms with Crippen molar-refractivity contribution < 1.29 is 18.3 Å². The highest BCUT2D eigenvalue weighted by molar-refractivity contribution is 7.89. The van der Waals surface area contributed by atoms with E-state index in [1.54, 1.807) is 46.8 Å². The number of benzene rings is 2. The molecule has 4 rings (SSSR count). The molecular weight excluding hydrogens is 428 g/mol. The predicted molar refractivity (Wildman–Crippen MR) is 122 cm³/mol. The second-order valence-electron chi connectivity index (χ2n) is 7.84. The Morgan fingerprint density at radius 1 is 1.19 bits per heavy atom. The van der Waals surface area contributed by atoms with E-state index in [1.807, 2.05) is 6.92 Å². The van der Waals surface area contributed by atoms with Crippen LogP contribution in [0.1, 0.15) is 43.1 Å². The number of nitrogens with zero attached hydrogens (tertiary/aromatic N) is 2. The van der Waals surface area contributed by atoms with Gasteiger partial charge in [0.25, 0.3) is 5.91 Å². The zero-order chi connectivity index (χ0) is 22.7. The highest BCUT2D eigenvalue weighted by Gasteiger charge is 2.32. The van der Waals surface area contributed by atoms with Gasteiger partial charge in [-0.15, -0.1) is 0 Å². The number of nitrogens with one attached hydrogen (secondary N) is 2. The fraction of sp³-hybridized carbons (Fsp3) is 0.304. The van der Waals surface area contributed by atoms with Crippen LogP contribution < -0.4 is 5.32 Å². The predicted octanol–water partition coefficient (Wildman–Crippen LogP) is 3.99. The second-order valence-corrected chi connectivity index (χ2v) is 9.73. The van der Waals surface area contributed by atoms with Crippen molar-refractivity contribution in [1.29, 1.82) is 0 Å². The van der Waals surface area contributed by atoms with Gasteiger partial charge in [-0.2, -0.15) is 9.40 Å². The molecule has 1 amide bonds. The summed E-state index contributed by atoms with van der Waals surface area (Å²) in [6.45, 7) is 2.55. The van der Waals surface area contributed by atoms with E-state index in [-0.39, 0.29) is 22.4 Å². The highest BCUT2D eigenvalue weighted by Crippen LogP contribution is 2.29. The first kappa shape index (κ1) is 22.0. The molecule has 0 spiro atoms. The fourth-order valence-electron chi connectivity index (χ4n) is 4.01. The molecular formula is C23H26N4O4S.